The van der Waals surface area contributed by atoms with Gasteiger partial charge in [0.05, 0.1) is 5.92 Å². The van der Waals surface area contributed by atoms with E-state index < -0.39 is 5.60 Å². The highest BCUT2D eigenvalue weighted by Gasteiger charge is 2.65. The molecule has 0 radical (unpaired) electrons. The standard InChI is InChI=1S/C28H42N2O3/c1-5-29(6-2)19-13-15-23-25(17-19)32-26-18-20(30(7-3)8-4)14-16-24(26)28(23)22-12-10-9-11-21(22)27(31)33-28/h9-12,19-23,25H,5-8,13-18H2,1-4H3. The molecule has 182 valence electrons. The molecule has 2 heterocycles. The highest BCUT2D eigenvalue weighted by molar-refractivity contribution is 5.80. The van der Waals surface area contributed by atoms with E-state index in [9.17, 15) is 4.79 Å². The Morgan fingerprint density at radius 3 is 2.36 bits per heavy atom. The maximum absolute atomic E-state index is 13.2. The fourth-order valence-electron chi connectivity index (χ4n) is 7.81. The lowest BCUT2D eigenvalue weighted by molar-refractivity contribution is -0.167. The van der Waals surface area contributed by atoms with Crippen molar-refractivity contribution in [2.75, 3.05) is 26.2 Å². The molecule has 5 heteroatoms. The first-order valence-corrected chi connectivity index (χ1v) is 13.5. The number of nitrogens with zero attached hydrogens (tertiary/aromatic N) is 2. The lowest BCUT2D eigenvalue weighted by Crippen LogP contribution is -2.59. The summed E-state index contributed by atoms with van der Waals surface area (Å²) in [5, 5.41) is 0. The van der Waals surface area contributed by atoms with Crippen LogP contribution in [0.2, 0.25) is 0 Å². The summed E-state index contributed by atoms with van der Waals surface area (Å²) < 4.78 is 13.5. The Morgan fingerprint density at radius 2 is 1.64 bits per heavy atom. The van der Waals surface area contributed by atoms with Crippen LogP contribution in [0.3, 0.4) is 0 Å². The molecule has 0 bridgehead atoms. The van der Waals surface area contributed by atoms with E-state index in [1.54, 1.807) is 0 Å². The molecule has 1 saturated heterocycles. The van der Waals surface area contributed by atoms with Crippen molar-refractivity contribution in [2.45, 2.75) is 90.0 Å². The van der Waals surface area contributed by atoms with Gasteiger partial charge in [-0.3, -0.25) is 4.79 Å². The molecule has 2 fully saturated rings. The first-order chi connectivity index (χ1) is 16.1. The summed E-state index contributed by atoms with van der Waals surface area (Å²) in [5.41, 5.74) is 0.804. The van der Waals surface area contributed by atoms with Gasteiger partial charge in [0.1, 0.15) is 11.9 Å². The number of carbonyl (C=O) groups excluding carboxylic acids is 1. The van der Waals surface area contributed by atoms with Crippen LogP contribution in [0.4, 0.5) is 0 Å². The summed E-state index contributed by atoms with van der Waals surface area (Å²) in [6, 6.07) is 1.07. The summed E-state index contributed by atoms with van der Waals surface area (Å²) >= 11 is 0. The zero-order chi connectivity index (χ0) is 23.2. The Morgan fingerprint density at radius 1 is 0.939 bits per heavy atom. The average molecular weight is 455 g/mol. The second-order valence-corrected chi connectivity index (χ2v) is 10.5. The predicted octanol–water partition coefficient (Wildman–Crippen LogP) is 4.70. The third kappa shape index (κ3) is 3.61. The van der Waals surface area contributed by atoms with Crippen LogP contribution in [0.1, 0.15) is 66.2 Å². The lowest BCUT2D eigenvalue weighted by Gasteiger charge is -2.54. The molecule has 5 rings (SSSR count). The highest BCUT2D eigenvalue weighted by Crippen LogP contribution is 2.59. The third-order valence-corrected chi connectivity index (χ3v) is 9.39. The second-order valence-electron chi connectivity index (χ2n) is 10.5. The van der Waals surface area contributed by atoms with Crippen LogP contribution in [0.25, 0.3) is 0 Å². The maximum atomic E-state index is 13.2. The van der Waals surface area contributed by atoms with Crippen molar-refractivity contribution in [3.8, 4) is 0 Å². The number of ether oxygens (including phenoxy) is 2. The van der Waals surface area contributed by atoms with Gasteiger partial charge in [0.25, 0.3) is 0 Å². The van der Waals surface area contributed by atoms with Gasteiger partial charge in [-0.05, 0) is 51.9 Å². The van der Waals surface area contributed by atoms with E-state index in [1.807, 2.05) is 6.08 Å². The molecule has 7 unspecified atom stereocenters. The molecule has 0 amide bonds. The molecular formula is C28H42N2O3. The Balaban J connectivity index is 1.54. The number of hydrogen-bond acceptors (Lipinski definition) is 5. The fraction of sp³-hybridized carbons (Fsp3) is 0.750. The van der Waals surface area contributed by atoms with Crippen molar-refractivity contribution < 1.29 is 14.3 Å². The number of hydrogen-bond donors (Lipinski definition) is 0. The van der Waals surface area contributed by atoms with Crippen LogP contribution in [0.15, 0.2) is 35.6 Å². The molecule has 1 spiro atoms. The second kappa shape index (κ2) is 9.22. The molecule has 0 N–H and O–H groups in total. The van der Waals surface area contributed by atoms with Crippen LogP contribution in [-0.4, -0.2) is 65.7 Å². The van der Waals surface area contributed by atoms with Crippen molar-refractivity contribution in [1.29, 1.82) is 0 Å². The molecule has 0 aromatic carbocycles. The summed E-state index contributed by atoms with van der Waals surface area (Å²) in [5.74, 6) is 1.32. The monoisotopic (exact) mass is 454 g/mol. The van der Waals surface area contributed by atoms with Crippen LogP contribution >= 0.6 is 0 Å². The number of rotatable bonds is 6. The molecule has 2 aliphatic heterocycles. The van der Waals surface area contributed by atoms with Crippen LogP contribution in [0.5, 0.6) is 0 Å². The number of allylic oxidation sites excluding steroid dienone is 2. The maximum Gasteiger partial charge on any atom is 0.314 e. The largest absolute Gasteiger partial charge is 0.494 e. The van der Waals surface area contributed by atoms with E-state index in [0.717, 1.165) is 70.5 Å². The minimum absolute atomic E-state index is 0.0372. The molecule has 0 aromatic rings. The van der Waals surface area contributed by atoms with E-state index >= 15 is 0 Å². The smallest absolute Gasteiger partial charge is 0.314 e. The number of fused-ring (bicyclic) bond motifs is 5. The number of carbonyl (C=O) groups is 1. The van der Waals surface area contributed by atoms with Crippen molar-refractivity contribution >= 4 is 5.97 Å². The van der Waals surface area contributed by atoms with E-state index in [2.05, 4.69) is 55.7 Å². The minimum atomic E-state index is -0.510. The van der Waals surface area contributed by atoms with Gasteiger partial charge in [-0.15, -0.1) is 0 Å². The zero-order valence-electron chi connectivity index (χ0n) is 21.0. The van der Waals surface area contributed by atoms with Gasteiger partial charge in [0.15, 0.2) is 5.60 Å². The topological polar surface area (TPSA) is 42.0 Å². The molecular weight excluding hydrogens is 412 g/mol. The van der Waals surface area contributed by atoms with Crippen molar-refractivity contribution in [3.05, 3.63) is 35.6 Å². The number of esters is 1. The van der Waals surface area contributed by atoms with Gasteiger partial charge >= 0.3 is 5.97 Å². The van der Waals surface area contributed by atoms with Gasteiger partial charge in [-0.1, -0.05) is 52.0 Å². The average Bonchev–Trinajstić information content (AvgIpc) is 3.13. The molecule has 33 heavy (non-hydrogen) atoms. The normalized spacial score (nSPS) is 39.5. The molecule has 5 nitrogen and oxygen atoms in total. The fourth-order valence-corrected chi connectivity index (χ4v) is 7.81. The summed E-state index contributed by atoms with van der Waals surface area (Å²) in [6.07, 6.45) is 14.9. The van der Waals surface area contributed by atoms with Crippen molar-refractivity contribution in [2.24, 2.45) is 17.8 Å². The van der Waals surface area contributed by atoms with Crippen molar-refractivity contribution in [3.63, 3.8) is 0 Å². The van der Waals surface area contributed by atoms with E-state index in [0.29, 0.717) is 12.1 Å². The van der Waals surface area contributed by atoms with E-state index in [4.69, 9.17) is 9.47 Å². The molecule has 3 aliphatic carbocycles. The zero-order valence-corrected chi connectivity index (χ0v) is 21.0. The van der Waals surface area contributed by atoms with Crippen LogP contribution < -0.4 is 0 Å². The van der Waals surface area contributed by atoms with E-state index in [1.165, 1.54) is 5.57 Å². The Kier molecular flexibility index (Phi) is 6.47. The molecule has 5 aliphatic rings. The van der Waals surface area contributed by atoms with Gasteiger partial charge < -0.3 is 19.3 Å². The summed E-state index contributed by atoms with van der Waals surface area (Å²) in [7, 11) is 0. The van der Waals surface area contributed by atoms with Gasteiger partial charge in [0, 0.05) is 42.3 Å². The van der Waals surface area contributed by atoms with Gasteiger partial charge in [0.2, 0.25) is 0 Å². The van der Waals surface area contributed by atoms with Crippen molar-refractivity contribution in [1.82, 2.24) is 9.80 Å². The van der Waals surface area contributed by atoms with E-state index in [-0.39, 0.29) is 29.8 Å². The predicted molar refractivity (Wildman–Crippen MR) is 131 cm³/mol. The first-order valence-electron chi connectivity index (χ1n) is 13.5. The highest BCUT2D eigenvalue weighted by atomic mass is 16.6. The lowest BCUT2D eigenvalue weighted by atomic mass is 9.59. The SMILES string of the molecule is CCN(CC)C1CCC2=C(C1)OC1CC(N(CC)CC)CCC1C21OC(=O)C2C=CC=CC21. The van der Waals surface area contributed by atoms with Crippen LogP contribution in [-0.2, 0) is 14.3 Å². The first kappa shape index (κ1) is 23.2. The Labute approximate surface area is 199 Å². The summed E-state index contributed by atoms with van der Waals surface area (Å²) in [4.78, 5) is 18.3. The Bertz CT molecular complexity index is 840. The molecule has 1 saturated carbocycles. The van der Waals surface area contributed by atoms with Crippen LogP contribution in [0, 0.1) is 17.8 Å². The quantitative estimate of drug-likeness (QED) is 0.544. The Hall–Kier alpha value is -1.59. The van der Waals surface area contributed by atoms with Gasteiger partial charge in [-0.2, -0.15) is 0 Å². The van der Waals surface area contributed by atoms with Gasteiger partial charge in [-0.25, -0.2) is 0 Å². The third-order valence-electron chi connectivity index (χ3n) is 9.39. The summed E-state index contributed by atoms with van der Waals surface area (Å²) in [6.45, 7) is 13.3. The molecule has 0 aromatic heterocycles. The minimum Gasteiger partial charge on any atom is -0.494 e. The molecule has 7 atom stereocenters.